The average molecular weight is 194 g/mol. The lowest BCUT2D eigenvalue weighted by molar-refractivity contribution is -0.137. The first kappa shape index (κ1) is 10.2. The van der Waals surface area contributed by atoms with E-state index < -0.39 is 5.97 Å². The minimum absolute atomic E-state index is 0.197. The Morgan fingerprint density at radius 3 is 3.07 bits per heavy atom. The Morgan fingerprint density at radius 1 is 1.64 bits per heavy atom. The zero-order valence-corrected chi connectivity index (χ0v) is 7.73. The smallest absolute Gasteiger partial charge is 0.330 e. The molecule has 0 saturated carbocycles. The maximum Gasteiger partial charge on any atom is 0.330 e. The zero-order chi connectivity index (χ0) is 10.4. The molecule has 0 aromatic carbocycles. The molecule has 1 heterocycles. The van der Waals surface area contributed by atoms with E-state index in [1.807, 2.05) is 0 Å². The molecule has 0 spiro atoms. The van der Waals surface area contributed by atoms with E-state index in [9.17, 15) is 9.59 Å². The Hall–Kier alpha value is -1.84. The summed E-state index contributed by atoms with van der Waals surface area (Å²) in [5, 5.41) is 0. The van der Waals surface area contributed by atoms with E-state index in [1.165, 1.54) is 30.7 Å². The van der Waals surface area contributed by atoms with E-state index in [1.54, 1.807) is 6.92 Å². The second-order valence-electron chi connectivity index (χ2n) is 2.46. The molecule has 4 nitrogen and oxygen atoms in total. The van der Waals surface area contributed by atoms with Crippen molar-refractivity contribution in [2.75, 3.05) is 6.61 Å². The Labute approximate surface area is 80.8 Å². The molecule has 0 N–H and O–H groups in total. The number of carbonyl (C=O) groups is 1. The summed E-state index contributed by atoms with van der Waals surface area (Å²) >= 11 is 0. The lowest BCUT2D eigenvalue weighted by atomic mass is 10.2. The summed E-state index contributed by atoms with van der Waals surface area (Å²) in [7, 11) is 0. The van der Waals surface area contributed by atoms with Gasteiger partial charge in [0.25, 0.3) is 0 Å². The minimum atomic E-state index is -0.476. The van der Waals surface area contributed by atoms with E-state index >= 15 is 0 Å². The molecule has 1 aromatic rings. The minimum Gasteiger partial charge on any atom is -0.472 e. The maximum absolute atomic E-state index is 11.1. The first-order valence-corrected chi connectivity index (χ1v) is 4.15. The van der Waals surface area contributed by atoms with E-state index in [-0.39, 0.29) is 5.43 Å². The van der Waals surface area contributed by atoms with Crippen LogP contribution in [0.4, 0.5) is 0 Å². The van der Waals surface area contributed by atoms with Crippen LogP contribution in [0.3, 0.4) is 0 Å². The van der Waals surface area contributed by atoms with Gasteiger partial charge in [-0.1, -0.05) is 0 Å². The second kappa shape index (κ2) is 5.01. The van der Waals surface area contributed by atoms with Crippen molar-refractivity contribution >= 4 is 12.0 Å². The first-order valence-electron chi connectivity index (χ1n) is 4.15. The number of ether oxygens (including phenoxy) is 1. The van der Waals surface area contributed by atoms with Crippen LogP contribution in [0.15, 0.2) is 33.9 Å². The molecule has 1 rings (SSSR count). The van der Waals surface area contributed by atoms with E-state index in [0.29, 0.717) is 12.2 Å². The molecule has 0 atom stereocenters. The summed E-state index contributed by atoms with van der Waals surface area (Å²) in [5.41, 5.74) is 0.123. The average Bonchev–Trinajstić information content (AvgIpc) is 2.17. The molecule has 0 amide bonds. The Bertz CT molecular complexity index is 389. The van der Waals surface area contributed by atoms with Gasteiger partial charge in [-0.3, -0.25) is 4.79 Å². The van der Waals surface area contributed by atoms with Gasteiger partial charge in [0.05, 0.1) is 18.4 Å². The lowest BCUT2D eigenvalue weighted by Gasteiger charge is -1.94. The van der Waals surface area contributed by atoms with Crippen LogP contribution in [-0.2, 0) is 9.53 Å². The molecule has 0 unspecified atom stereocenters. The maximum atomic E-state index is 11.1. The summed E-state index contributed by atoms with van der Waals surface area (Å²) in [6, 6.07) is 1.28. The summed E-state index contributed by atoms with van der Waals surface area (Å²) in [5.74, 6) is -0.476. The largest absolute Gasteiger partial charge is 0.472 e. The highest BCUT2D eigenvalue weighted by Gasteiger charge is 1.96. The van der Waals surface area contributed by atoms with Crippen LogP contribution in [0.25, 0.3) is 6.08 Å². The first-order chi connectivity index (χ1) is 6.74. The van der Waals surface area contributed by atoms with Crippen molar-refractivity contribution in [2.45, 2.75) is 6.92 Å². The molecule has 0 radical (unpaired) electrons. The predicted molar refractivity (Wildman–Crippen MR) is 50.6 cm³/mol. The van der Waals surface area contributed by atoms with Gasteiger partial charge in [0.1, 0.15) is 6.26 Å². The normalized spacial score (nSPS) is 10.4. The Balaban J connectivity index is 2.74. The van der Waals surface area contributed by atoms with Gasteiger partial charge in [-0.15, -0.1) is 0 Å². The van der Waals surface area contributed by atoms with Gasteiger partial charge in [0.2, 0.25) is 0 Å². The third kappa shape index (κ3) is 2.90. The number of carbonyl (C=O) groups excluding carboxylic acids is 1. The van der Waals surface area contributed by atoms with Gasteiger partial charge < -0.3 is 9.15 Å². The second-order valence-corrected chi connectivity index (χ2v) is 2.46. The van der Waals surface area contributed by atoms with Gasteiger partial charge in [-0.05, 0) is 13.0 Å². The number of esters is 1. The Kier molecular flexibility index (Phi) is 3.67. The number of rotatable bonds is 3. The van der Waals surface area contributed by atoms with Crippen molar-refractivity contribution in [3.05, 3.63) is 40.5 Å². The molecular formula is C10H10O4. The fourth-order valence-corrected chi connectivity index (χ4v) is 0.838. The summed E-state index contributed by atoms with van der Waals surface area (Å²) < 4.78 is 9.42. The van der Waals surface area contributed by atoms with Gasteiger partial charge in [0.15, 0.2) is 5.43 Å². The summed E-state index contributed by atoms with van der Waals surface area (Å²) in [4.78, 5) is 22.0. The SMILES string of the molecule is CCOC(=O)/C=C/c1coccc1=O. The van der Waals surface area contributed by atoms with E-state index in [2.05, 4.69) is 4.74 Å². The number of hydrogen-bond donors (Lipinski definition) is 0. The molecule has 1 aromatic heterocycles. The van der Waals surface area contributed by atoms with Gasteiger partial charge >= 0.3 is 5.97 Å². The van der Waals surface area contributed by atoms with Crippen LogP contribution in [0.1, 0.15) is 12.5 Å². The van der Waals surface area contributed by atoms with Crippen molar-refractivity contribution in [1.82, 2.24) is 0 Å². The third-order valence-electron chi connectivity index (χ3n) is 1.46. The van der Waals surface area contributed by atoms with Gasteiger partial charge in [0, 0.05) is 12.1 Å². The van der Waals surface area contributed by atoms with Crippen LogP contribution < -0.4 is 5.43 Å². The van der Waals surface area contributed by atoms with Crippen LogP contribution in [0, 0.1) is 0 Å². The van der Waals surface area contributed by atoms with Crippen LogP contribution in [0.2, 0.25) is 0 Å². The highest BCUT2D eigenvalue weighted by Crippen LogP contribution is 1.95. The van der Waals surface area contributed by atoms with E-state index in [0.717, 1.165) is 0 Å². The third-order valence-corrected chi connectivity index (χ3v) is 1.46. The highest BCUT2D eigenvalue weighted by molar-refractivity contribution is 5.86. The summed E-state index contributed by atoms with van der Waals surface area (Å²) in [6.07, 6.45) is 5.11. The van der Waals surface area contributed by atoms with Crippen molar-refractivity contribution in [1.29, 1.82) is 0 Å². The molecule has 14 heavy (non-hydrogen) atoms. The molecule has 0 aliphatic carbocycles. The lowest BCUT2D eigenvalue weighted by Crippen LogP contribution is -2.03. The monoisotopic (exact) mass is 194 g/mol. The van der Waals surface area contributed by atoms with Gasteiger partial charge in [-0.25, -0.2) is 4.79 Å². The summed E-state index contributed by atoms with van der Waals surface area (Å²) in [6.45, 7) is 2.02. The molecule has 0 aliphatic heterocycles. The Morgan fingerprint density at radius 2 is 2.43 bits per heavy atom. The quantitative estimate of drug-likeness (QED) is 0.536. The van der Waals surface area contributed by atoms with Crippen molar-refractivity contribution in [2.24, 2.45) is 0 Å². The predicted octanol–water partition coefficient (Wildman–Crippen LogP) is 1.22. The van der Waals surface area contributed by atoms with Crippen LogP contribution >= 0.6 is 0 Å². The van der Waals surface area contributed by atoms with Crippen LogP contribution in [0.5, 0.6) is 0 Å². The topological polar surface area (TPSA) is 56.5 Å². The van der Waals surface area contributed by atoms with Crippen molar-refractivity contribution in [3.63, 3.8) is 0 Å². The molecular weight excluding hydrogens is 184 g/mol. The van der Waals surface area contributed by atoms with Crippen LogP contribution in [-0.4, -0.2) is 12.6 Å². The molecule has 0 bridgehead atoms. The fraction of sp³-hybridized carbons (Fsp3) is 0.200. The standard InChI is InChI=1S/C10H10O4/c1-2-14-10(12)4-3-8-7-13-6-5-9(8)11/h3-7H,2H2,1H3/b4-3+. The highest BCUT2D eigenvalue weighted by atomic mass is 16.5. The van der Waals surface area contributed by atoms with E-state index in [4.69, 9.17) is 4.42 Å². The van der Waals surface area contributed by atoms with Gasteiger partial charge in [-0.2, -0.15) is 0 Å². The van der Waals surface area contributed by atoms with Crippen molar-refractivity contribution < 1.29 is 13.9 Å². The fourth-order valence-electron chi connectivity index (χ4n) is 0.838. The molecule has 4 heteroatoms. The molecule has 0 fully saturated rings. The molecule has 0 saturated heterocycles. The zero-order valence-electron chi connectivity index (χ0n) is 7.73. The molecule has 74 valence electrons. The van der Waals surface area contributed by atoms with Crippen molar-refractivity contribution in [3.8, 4) is 0 Å². The molecule has 0 aliphatic rings. The number of hydrogen-bond acceptors (Lipinski definition) is 4.